The second-order valence-electron chi connectivity index (χ2n) is 4.96. The van der Waals surface area contributed by atoms with Gasteiger partial charge < -0.3 is 19.7 Å². The second kappa shape index (κ2) is 9.20. The molecule has 0 aliphatic rings. The number of likely N-dealkylation sites (N-methyl/N-ethyl adjacent to an activating group) is 2. The standard InChI is InChI=1S/C17H21N3O4/c1-5-23-15-9-12(8-13(10-18)17(22)19-2)6-7-14(15)24-11-16(21)20(3)4/h6-9H,5,11H2,1-4H3,(H,19,22)/b13-8+. The highest BCUT2D eigenvalue weighted by Gasteiger charge is 2.11. The van der Waals surface area contributed by atoms with Crippen LogP contribution in [0.3, 0.4) is 0 Å². The fourth-order valence-corrected chi connectivity index (χ4v) is 1.72. The molecule has 0 aromatic heterocycles. The van der Waals surface area contributed by atoms with Gasteiger partial charge >= 0.3 is 0 Å². The molecule has 0 radical (unpaired) electrons. The van der Waals surface area contributed by atoms with Crippen molar-refractivity contribution in [1.82, 2.24) is 10.2 Å². The average molecular weight is 331 g/mol. The Bertz CT molecular complexity index is 675. The fourth-order valence-electron chi connectivity index (χ4n) is 1.72. The van der Waals surface area contributed by atoms with Crippen LogP contribution < -0.4 is 14.8 Å². The number of carbonyl (C=O) groups excluding carboxylic acids is 2. The van der Waals surface area contributed by atoms with E-state index >= 15 is 0 Å². The predicted molar refractivity (Wildman–Crippen MR) is 89.5 cm³/mol. The lowest BCUT2D eigenvalue weighted by molar-refractivity contribution is -0.130. The number of amides is 2. The molecule has 24 heavy (non-hydrogen) atoms. The largest absolute Gasteiger partial charge is 0.490 e. The summed E-state index contributed by atoms with van der Waals surface area (Å²) in [6.45, 7) is 2.12. The van der Waals surface area contributed by atoms with E-state index < -0.39 is 5.91 Å². The number of rotatable bonds is 7. The lowest BCUT2D eigenvalue weighted by Crippen LogP contribution is -2.27. The highest BCUT2D eigenvalue weighted by molar-refractivity contribution is 6.01. The van der Waals surface area contributed by atoms with Crippen LogP contribution in [0.5, 0.6) is 11.5 Å². The molecule has 7 heteroatoms. The van der Waals surface area contributed by atoms with Crippen LogP contribution in [0.4, 0.5) is 0 Å². The van der Waals surface area contributed by atoms with Crippen LogP contribution in [-0.4, -0.2) is 51.1 Å². The van der Waals surface area contributed by atoms with E-state index in [1.54, 1.807) is 32.3 Å². The van der Waals surface area contributed by atoms with Gasteiger partial charge in [-0.05, 0) is 30.7 Å². The molecular formula is C17H21N3O4. The number of benzene rings is 1. The van der Waals surface area contributed by atoms with E-state index in [0.717, 1.165) is 0 Å². The molecule has 1 rings (SSSR count). The van der Waals surface area contributed by atoms with E-state index in [1.807, 2.05) is 13.0 Å². The van der Waals surface area contributed by atoms with Crippen molar-refractivity contribution in [1.29, 1.82) is 5.26 Å². The molecule has 0 saturated heterocycles. The first kappa shape index (κ1) is 19.0. The topological polar surface area (TPSA) is 91.7 Å². The Morgan fingerprint density at radius 2 is 2.00 bits per heavy atom. The summed E-state index contributed by atoms with van der Waals surface area (Å²) in [5, 5.41) is 11.4. The molecule has 0 heterocycles. The first-order valence-electron chi connectivity index (χ1n) is 7.36. The van der Waals surface area contributed by atoms with Crippen LogP contribution in [0.2, 0.25) is 0 Å². The van der Waals surface area contributed by atoms with Crippen molar-refractivity contribution in [3.8, 4) is 17.6 Å². The highest BCUT2D eigenvalue weighted by atomic mass is 16.5. The Kier molecular flexibility index (Phi) is 7.30. The lowest BCUT2D eigenvalue weighted by Gasteiger charge is -2.14. The van der Waals surface area contributed by atoms with Crippen LogP contribution in [0, 0.1) is 11.3 Å². The molecule has 2 amide bonds. The van der Waals surface area contributed by atoms with Gasteiger partial charge in [0, 0.05) is 21.1 Å². The zero-order valence-corrected chi connectivity index (χ0v) is 14.3. The summed E-state index contributed by atoms with van der Waals surface area (Å²) in [4.78, 5) is 24.6. The second-order valence-corrected chi connectivity index (χ2v) is 4.96. The molecule has 0 bridgehead atoms. The molecule has 0 aliphatic carbocycles. The van der Waals surface area contributed by atoms with Gasteiger partial charge in [-0.3, -0.25) is 9.59 Å². The number of nitrogens with one attached hydrogen (secondary N) is 1. The number of ether oxygens (including phenoxy) is 2. The SMILES string of the molecule is CCOc1cc(/C=C(\C#N)C(=O)NC)ccc1OCC(=O)N(C)C. The van der Waals surface area contributed by atoms with E-state index in [0.29, 0.717) is 23.7 Å². The van der Waals surface area contributed by atoms with Gasteiger partial charge in [0.15, 0.2) is 18.1 Å². The number of nitriles is 1. The highest BCUT2D eigenvalue weighted by Crippen LogP contribution is 2.29. The third-order valence-electron chi connectivity index (χ3n) is 3.02. The minimum absolute atomic E-state index is 0.0172. The first-order valence-corrected chi connectivity index (χ1v) is 7.36. The average Bonchev–Trinajstić information content (AvgIpc) is 2.58. The van der Waals surface area contributed by atoms with Gasteiger partial charge in [-0.25, -0.2) is 0 Å². The zero-order chi connectivity index (χ0) is 18.1. The number of hydrogen-bond donors (Lipinski definition) is 1. The van der Waals surface area contributed by atoms with Crippen molar-refractivity contribution in [2.75, 3.05) is 34.4 Å². The summed E-state index contributed by atoms with van der Waals surface area (Å²) in [5.74, 6) is 0.217. The fraction of sp³-hybridized carbons (Fsp3) is 0.353. The summed E-state index contributed by atoms with van der Waals surface area (Å²) in [6.07, 6.45) is 1.45. The van der Waals surface area contributed by atoms with Crippen molar-refractivity contribution in [2.24, 2.45) is 0 Å². The van der Waals surface area contributed by atoms with Gasteiger partial charge in [-0.1, -0.05) is 6.07 Å². The molecule has 0 fully saturated rings. The minimum atomic E-state index is -0.465. The predicted octanol–water partition coefficient (Wildman–Crippen LogP) is 1.21. The molecule has 1 aromatic rings. The maximum absolute atomic E-state index is 11.6. The van der Waals surface area contributed by atoms with Crippen molar-refractivity contribution in [2.45, 2.75) is 6.92 Å². The molecule has 0 spiro atoms. The monoisotopic (exact) mass is 331 g/mol. The van der Waals surface area contributed by atoms with Crippen LogP contribution in [0.1, 0.15) is 12.5 Å². The lowest BCUT2D eigenvalue weighted by atomic mass is 10.1. The molecule has 128 valence electrons. The van der Waals surface area contributed by atoms with Gasteiger partial charge in [0.05, 0.1) is 6.61 Å². The third-order valence-corrected chi connectivity index (χ3v) is 3.02. The van der Waals surface area contributed by atoms with Crippen LogP contribution in [0.15, 0.2) is 23.8 Å². The third kappa shape index (κ3) is 5.32. The summed E-state index contributed by atoms with van der Waals surface area (Å²) in [5.41, 5.74) is 0.598. The molecule has 0 unspecified atom stereocenters. The molecule has 1 N–H and O–H groups in total. The van der Waals surface area contributed by atoms with Gasteiger partial charge in [0.1, 0.15) is 11.6 Å². The number of carbonyl (C=O) groups is 2. The Balaban J connectivity index is 3.06. The number of nitrogens with zero attached hydrogens (tertiary/aromatic N) is 2. The Labute approximate surface area is 141 Å². The van der Waals surface area contributed by atoms with E-state index in [-0.39, 0.29) is 18.1 Å². The van der Waals surface area contributed by atoms with Gasteiger partial charge in [0.2, 0.25) is 0 Å². The van der Waals surface area contributed by atoms with Crippen molar-refractivity contribution < 1.29 is 19.1 Å². The first-order chi connectivity index (χ1) is 11.4. The smallest absolute Gasteiger partial charge is 0.261 e. The Morgan fingerprint density at radius 1 is 1.29 bits per heavy atom. The van der Waals surface area contributed by atoms with Gasteiger partial charge in [-0.15, -0.1) is 0 Å². The maximum atomic E-state index is 11.6. The van der Waals surface area contributed by atoms with E-state index in [4.69, 9.17) is 14.7 Å². The van der Waals surface area contributed by atoms with E-state index in [1.165, 1.54) is 18.0 Å². The summed E-state index contributed by atoms with van der Waals surface area (Å²) in [6, 6.07) is 6.82. The van der Waals surface area contributed by atoms with Crippen LogP contribution >= 0.6 is 0 Å². The molecular weight excluding hydrogens is 310 g/mol. The van der Waals surface area contributed by atoms with Crippen molar-refractivity contribution in [3.05, 3.63) is 29.3 Å². The summed E-state index contributed by atoms with van der Waals surface area (Å²) < 4.78 is 11.0. The molecule has 7 nitrogen and oxygen atoms in total. The Hall–Kier alpha value is -3.01. The molecule has 0 atom stereocenters. The summed E-state index contributed by atoms with van der Waals surface area (Å²) in [7, 11) is 4.74. The molecule has 0 saturated carbocycles. The minimum Gasteiger partial charge on any atom is -0.490 e. The van der Waals surface area contributed by atoms with Crippen LogP contribution in [-0.2, 0) is 9.59 Å². The van der Waals surface area contributed by atoms with Crippen LogP contribution in [0.25, 0.3) is 6.08 Å². The normalized spacial score (nSPS) is 10.5. The van der Waals surface area contributed by atoms with E-state index in [2.05, 4.69) is 5.32 Å². The maximum Gasteiger partial charge on any atom is 0.261 e. The molecule has 1 aromatic carbocycles. The van der Waals surface area contributed by atoms with Crippen molar-refractivity contribution in [3.63, 3.8) is 0 Å². The van der Waals surface area contributed by atoms with E-state index in [9.17, 15) is 9.59 Å². The summed E-state index contributed by atoms with van der Waals surface area (Å²) >= 11 is 0. The van der Waals surface area contributed by atoms with Gasteiger partial charge in [0.25, 0.3) is 11.8 Å². The number of hydrogen-bond acceptors (Lipinski definition) is 5. The quantitative estimate of drug-likeness (QED) is 0.599. The molecule has 0 aliphatic heterocycles. The van der Waals surface area contributed by atoms with Crippen molar-refractivity contribution >= 4 is 17.9 Å². The Morgan fingerprint density at radius 3 is 2.54 bits per heavy atom. The zero-order valence-electron chi connectivity index (χ0n) is 14.3. The van der Waals surface area contributed by atoms with Gasteiger partial charge in [-0.2, -0.15) is 5.26 Å².